The lowest BCUT2D eigenvalue weighted by atomic mass is 10.1. The Morgan fingerprint density at radius 1 is 0.889 bits per heavy atom. The second kappa shape index (κ2) is 9.71. The van der Waals surface area contributed by atoms with E-state index in [1.54, 1.807) is 19.2 Å². The van der Waals surface area contributed by atoms with E-state index in [9.17, 15) is 4.79 Å². The molecule has 1 aromatic heterocycles. The van der Waals surface area contributed by atoms with Crippen molar-refractivity contribution in [3.63, 3.8) is 0 Å². The van der Waals surface area contributed by atoms with Gasteiger partial charge in [-0.1, -0.05) is 54.6 Å². The van der Waals surface area contributed by atoms with Crippen molar-refractivity contribution in [1.82, 2.24) is 5.32 Å². The zero-order chi connectivity index (χ0) is 18.9. The Bertz CT molecular complexity index is 858. The third-order valence-corrected chi connectivity index (χ3v) is 4.10. The van der Waals surface area contributed by atoms with Gasteiger partial charge in [0.15, 0.2) is 5.76 Å². The second-order valence-electron chi connectivity index (χ2n) is 6.13. The van der Waals surface area contributed by atoms with Crippen molar-refractivity contribution in [2.75, 3.05) is 7.11 Å². The van der Waals surface area contributed by atoms with Gasteiger partial charge >= 0.3 is 0 Å². The van der Waals surface area contributed by atoms with Crippen LogP contribution in [-0.4, -0.2) is 13.0 Å². The standard InChI is InChI=1S/C22H23NO4/c1-25-16-20-11-12-21(27-20)22(24)23-13-18-9-5-6-10-19(18)15-26-14-17-7-3-2-4-8-17/h2-12H,13-16H2,1H3,(H,23,24). The monoisotopic (exact) mass is 365 g/mol. The van der Waals surface area contributed by atoms with Crippen LogP contribution < -0.4 is 5.32 Å². The molecule has 27 heavy (non-hydrogen) atoms. The van der Waals surface area contributed by atoms with E-state index in [0.717, 1.165) is 16.7 Å². The summed E-state index contributed by atoms with van der Waals surface area (Å²) in [7, 11) is 1.58. The maximum atomic E-state index is 12.3. The van der Waals surface area contributed by atoms with Gasteiger partial charge in [0.25, 0.3) is 5.91 Å². The molecule has 0 aliphatic rings. The quantitative estimate of drug-likeness (QED) is 0.621. The minimum Gasteiger partial charge on any atom is -0.453 e. The molecule has 1 heterocycles. The third kappa shape index (κ3) is 5.54. The van der Waals surface area contributed by atoms with E-state index in [1.807, 2.05) is 54.6 Å². The highest BCUT2D eigenvalue weighted by Gasteiger charge is 2.12. The molecule has 0 saturated heterocycles. The van der Waals surface area contributed by atoms with Crippen molar-refractivity contribution >= 4 is 5.91 Å². The highest BCUT2D eigenvalue weighted by molar-refractivity contribution is 5.91. The van der Waals surface area contributed by atoms with E-state index in [-0.39, 0.29) is 11.7 Å². The summed E-state index contributed by atoms with van der Waals surface area (Å²) < 4.78 is 16.3. The maximum absolute atomic E-state index is 12.3. The second-order valence-corrected chi connectivity index (χ2v) is 6.13. The van der Waals surface area contributed by atoms with Gasteiger partial charge in [0.1, 0.15) is 12.4 Å². The number of amides is 1. The van der Waals surface area contributed by atoms with Crippen LogP contribution in [0.2, 0.25) is 0 Å². The van der Waals surface area contributed by atoms with Crippen molar-refractivity contribution in [3.05, 3.63) is 94.9 Å². The summed E-state index contributed by atoms with van der Waals surface area (Å²) in [5.74, 6) is 0.648. The van der Waals surface area contributed by atoms with Gasteiger partial charge in [0, 0.05) is 13.7 Å². The smallest absolute Gasteiger partial charge is 0.287 e. The summed E-state index contributed by atoms with van der Waals surface area (Å²) in [4.78, 5) is 12.3. The first-order chi connectivity index (χ1) is 13.3. The van der Waals surface area contributed by atoms with Crippen molar-refractivity contribution in [2.24, 2.45) is 0 Å². The summed E-state index contributed by atoms with van der Waals surface area (Å²) >= 11 is 0. The molecule has 0 fully saturated rings. The van der Waals surface area contributed by atoms with E-state index in [0.29, 0.717) is 32.1 Å². The number of benzene rings is 2. The Morgan fingerprint density at radius 2 is 1.63 bits per heavy atom. The van der Waals surface area contributed by atoms with E-state index >= 15 is 0 Å². The van der Waals surface area contributed by atoms with Crippen LogP contribution in [0.1, 0.15) is 33.0 Å². The molecule has 1 N–H and O–H groups in total. The van der Waals surface area contributed by atoms with Gasteiger partial charge in [-0.05, 0) is 28.8 Å². The number of methoxy groups -OCH3 is 1. The highest BCUT2D eigenvalue weighted by atomic mass is 16.5. The Balaban J connectivity index is 1.54. The zero-order valence-electron chi connectivity index (χ0n) is 15.3. The number of carbonyl (C=O) groups excluding carboxylic acids is 1. The first-order valence-corrected chi connectivity index (χ1v) is 8.80. The van der Waals surface area contributed by atoms with Crippen LogP contribution in [0.15, 0.2) is 71.1 Å². The van der Waals surface area contributed by atoms with Crippen LogP contribution in [0.5, 0.6) is 0 Å². The fourth-order valence-corrected chi connectivity index (χ4v) is 2.71. The predicted molar refractivity (Wildman–Crippen MR) is 102 cm³/mol. The molecule has 5 nitrogen and oxygen atoms in total. The van der Waals surface area contributed by atoms with Gasteiger partial charge < -0.3 is 19.2 Å². The first kappa shape index (κ1) is 18.9. The number of carbonyl (C=O) groups is 1. The molecular formula is C22H23NO4. The van der Waals surface area contributed by atoms with Crippen LogP contribution in [0.4, 0.5) is 0 Å². The predicted octanol–water partition coefficient (Wildman–Crippen LogP) is 4.07. The summed E-state index contributed by atoms with van der Waals surface area (Å²) in [5.41, 5.74) is 3.20. The summed E-state index contributed by atoms with van der Waals surface area (Å²) in [6, 6.07) is 21.4. The van der Waals surface area contributed by atoms with E-state index in [4.69, 9.17) is 13.9 Å². The zero-order valence-corrected chi connectivity index (χ0v) is 15.3. The largest absolute Gasteiger partial charge is 0.453 e. The lowest BCUT2D eigenvalue weighted by molar-refractivity contribution is 0.0912. The highest BCUT2D eigenvalue weighted by Crippen LogP contribution is 2.13. The average Bonchev–Trinajstić information content (AvgIpc) is 3.17. The van der Waals surface area contributed by atoms with Crippen LogP contribution in [0.3, 0.4) is 0 Å². The fraction of sp³-hybridized carbons (Fsp3) is 0.227. The Morgan fingerprint density at radius 3 is 2.41 bits per heavy atom. The normalized spacial score (nSPS) is 10.7. The third-order valence-electron chi connectivity index (χ3n) is 4.10. The van der Waals surface area contributed by atoms with Crippen molar-refractivity contribution in [3.8, 4) is 0 Å². The number of ether oxygens (including phenoxy) is 2. The molecule has 1 amide bonds. The summed E-state index contributed by atoms with van der Waals surface area (Å²) in [6.45, 7) is 1.79. The van der Waals surface area contributed by atoms with Gasteiger partial charge in [0.2, 0.25) is 0 Å². The van der Waals surface area contributed by atoms with E-state index < -0.39 is 0 Å². The first-order valence-electron chi connectivity index (χ1n) is 8.80. The van der Waals surface area contributed by atoms with Crippen molar-refractivity contribution in [2.45, 2.75) is 26.4 Å². The molecule has 0 radical (unpaired) electrons. The fourth-order valence-electron chi connectivity index (χ4n) is 2.71. The molecule has 0 aliphatic carbocycles. The topological polar surface area (TPSA) is 60.7 Å². The van der Waals surface area contributed by atoms with Crippen LogP contribution in [0, 0.1) is 0 Å². The minimum absolute atomic E-state index is 0.252. The SMILES string of the molecule is COCc1ccc(C(=O)NCc2ccccc2COCc2ccccc2)o1. The Labute approximate surface area is 158 Å². The molecule has 2 aromatic carbocycles. The molecule has 5 heteroatoms. The summed E-state index contributed by atoms with van der Waals surface area (Å²) in [6.07, 6.45) is 0. The van der Waals surface area contributed by atoms with Crippen LogP contribution >= 0.6 is 0 Å². The number of hydrogen-bond donors (Lipinski definition) is 1. The van der Waals surface area contributed by atoms with Crippen LogP contribution in [-0.2, 0) is 35.8 Å². The lowest BCUT2D eigenvalue weighted by Gasteiger charge is -2.11. The van der Waals surface area contributed by atoms with E-state index in [2.05, 4.69) is 5.32 Å². The van der Waals surface area contributed by atoms with Crippen molar-refractivity contribution in [1.29, 1.82) is 0 Å². The Kier molecular flexibility index (Phi) is 6.79. The molecule has 0 spiro atoms. The molecule has 3 aromatic rings. The molecule has 0 atom stereocenters. The molecule has 0 unspecified atom stereocenters. The number of hydrogen-bond acceptors (Lipinski definition) is 4. The van der Waals surface area contributed by atoms with Crippen molar-refractivity contribution < 1.29 is 18.7 Å². The molecule has 140 valence electrons. The van der Waals surface area contributed by atoms with Gasteiger partial charge in [-0.25, -0.2) is 0 Å². The average molecular weight is 365 g/mol. The number of nitrogens with one attached hydrogen (secondary N) is 1. The van der Waals surface area contributed by atoms with Gasteiger partial charge in [-0.15, -0.1) is 0 Å². The lowest BCUT2D eigenvalue weighted by Crippen LogP contribution is -2.23. The van der Waals surface area contributed by atoms with Crippen LogP contribution in [0.25, 0.3) is 0 Å². The summed E-state index contributed by atoms with van der Waals surface area (Å²) in [5, 5.41) is 2.89. The van der Waals surface area contributed by atoms with Gasteiger partial charge in [-0.2, -0.15) is 0 Å². The minimum atomic E-state index is -0.252. The molecule has 0 bridgehead atoms. The number of furan rings is 1. The van der Waals surface area contributed by atoms with Gasteiger partial charge in [0.05, 0.1) is 13.2 Å². The Hall–Kier alpha value is -2.89. The maximum Gasteiger partial charge on any atom is 0.287 e. The number of rotatable bonds is 9. The molecule has 0 saturated carbocycles. The van der Waals surface area contributed by atoms with Gasteiger partial charge in [-0.3, -0.25) is 4.79 Å². The molecule has 3 rings (SSSR count). The molecule has 0 aliphatic heterocycles. The molecular weight excluding hydrogens is 342 g/mol. The van der Waals surface area contributed by atoms with E-state index in [1.165, 1.54) is 0 Å².